The molecule has 13 nitrogen and oxygen atoms in total. The number of hydrogen-bond donors (Lipinski definition) is 1. The van der Waals surface area contributed by atoms with Crippen molar-refractivity contribution in [2.24, 2.45) is 5.10 Å². The normalized spacial score (nSPS) is 10.5. The fourth-order valence-electron chi connectivity index (χ4n) is 3.45. The van der Waals surface area contributed by atoms with E-state index in [2.05, 4.69) is 10.5 Å². The molecule has 0 saturated carbocycles. The standard InChI is InChI=1S/C27H27N3O10/c1-16-6-8-20(19(10-16)30(33)34)39-15-25(31)29-28-14-17-7-9-21(22(11-17)35-2)40-27(32)18-12-23(36-3)26(38-5)24(13-18)37-4/h6-14H,15H2,1-5H3,(H,29,31). The summed E-state index contributed by atoms with van der Waals surface area (Å²) in [6.07, 6.45) is 1.33. The van der Waals surface area contributed by atoms with Gasteiger partial charge in [0, 0.05) is 6.07 Å². The van der Waals surface area contributed by atoms with Crippen molar-refractivity contribution >= 4 is 23.8 Å². The van der Waals surface area contributed by atoms with E-state index in [0.717, 1.165) is 0 Å². The van der Waals surface area contributed by atoms with E-state index >= 15 is 0 Å². The average Bonchev–Trinajstić information content (AvgIpc) is 2.96. The number of methoxy groups -OCH3 is 4. The number of ether oxygens (including phenoxy) is 6. The van der Waals surface area contributed by atoms with Crippen LogP contribution < -0.4 is 33.8 Å². The Bertz CT molecular complexity index is 1410. The van der Waals surface area contributed by atoms with Crippen LogP contribution in [0, 0.1) is 17.0 Å². The number of aryl methyl sites for hydroxylation is 1. The Morgan fingerprint density at radius 1 is 0.875 bits per heavy atom. The number of hydrazone groups is 1. The lowest BCUT2D eigenvalue weighted by atomic mass is 10.1. The fourth-order valence-corrected chi connectivity index (χ4v) is 3.45. The zero-order valence-electron chi connectivity index (χ0n) is 22.4. The first-order valence-electron chi connectivity index (χ1n) is 11.6. The molecule has 3 aromatic carbocycles. The Kier molecular flexibility index (Phi) is 9.84. The molecule has 0 saturated heterocycles. The summed E-state index contributed by atoms with van der Waals surface area (Å²) in [7, 11) is 5.71. The first-order chi connectivity index (χ1) is 19.2. The summed E-state index contributed by atoms with van der Waals surface area (Å²) in [6, 6.07) is 12.0. The first-order valence-corrected chi connectivity index (χ1v) is 11.6. The third-order valence-electron chi connectivity index (χ3n) is 5.36. The Morgan fingerprint density at radius 3 is 2.12 bits per heavy atom. The van der Waals surface area contributed by atoms with Crippen molar-refractivity contribution in [3.05, 3.63) is 75.3 Å². The van der Waals surface area contributed by atoms with Crippen LogP contribution in [-0.4, -0.2) is 58.1 Å². The van der Waals surface area contributed by atoms with Crippen LogP contribution in [0.3, 0.4) is 0 Å². The zero-order valence-corrected chi connectivity index (χ0v) is 22.4. The number of carbonyl (C=O) groups excluding carboxylic acids is 2. The Balaban J connectivity index is 1.65. The van der Waals surface area contributed by atoms with Crippen molar-refractivity contribution in [3.8, 4) is 34.5 Å². The zero-order chi connectivity index (χ0) is 29.2. The van der Waals surface area contributed by atoms with E-state index in [-0.39, 0.29) is 40.0 Å². The Labute approximate surface area is 229 Å². The molecule has 3 rings (SSSR count). The molecular weight excluding hydrogens is 526 g/mol. The van der Waals surface area contributed by atoms with Crippen LogP contribution >= 0.6 is 0 Å². The number of nitrogens with zero attached hydrogens (tertiary/aromatic N) is 2. The molecule has 0 atom stereocenters. The van der Waals surface area contributed by atoms with Gasteiger partial charge in [-0.3, -0.25) is 14.9 Å². The van der Waals surface area contributed by atoms with Gasteiger partial charge in [0.1, 0.15) is 0 Å². The summed E-state index contributed by atoms with van der Waals surface area (Å²) < 4.78 is 31.9. The molecule has 0 fully saturated rings. The van der Waals surface area contributed by atoms with Gasteiger partial charge in [-0.1, -0.05) is 6.07 Å². The number of benzene rings is 3. The molecule has 3 aromatic rings. The van der Waals surface area contributed by atoms with E-state index in [9.17, 15) is 19.7 Å². The second-order valence-corrected chi connectivity index (χ2v) is 8.02. The highest BCUT2D eigenvalue weighted by Crippen LogP contribution is 2.39. The summed E-state index contributed by atoms with van der Waals surface area (Å²) in [5.41, 5.74) is 3.39. The predicted octanol–water partition coefficient (Wildman–Crippen LogP) is 3.69. The average molecular weight is 554 g/mol. The minimum atomic E-state index is -0.694. The highest BCUT2D eigenvalue weighted by Gasteiger charge is 2.20. The predicted molar refractivity (Wildman–Crippen MR) is 143 cm³/mol. The third-order valence-corrected chi connectivity index (χ3v) is 5.36. The van der Waals surface area contributed by atoms with Crippen LogP contribution in [0.15, 0.2) is 53.6 Å². The quantitative estimate of drug-likeness (QED) is 0.115. The summed E-state index contributed by atoms with van der Waals surface area (Å²) in [5, 5.41) is 15.0. The SMILES string of the molecule is COc1cc(C=NNC(=O)COc2ccc(C)cc2[N+](=O)[O-])ccc1OC(=O)c1cc(OC)c(OC)c(OC)c1. The van der Waals surface area contributed by atoms with Gasteiger partial charge in [-0.2, -0.15) is 5.10 Å². The van der Waals surface area contributed by atoms with Crippen LogP contribution in [0.4, 0.5) is 5.69 Å². The maximum atomic E-state index is 12.8. The minimum Gasteiger partial charge on any atom is -0.493 e. The van der Waals surface area contributed by atoms with Gasteiger partial charge in [-0.05, 0) is 54.4 Å². The molecule has 1 N–H and O–H groups in total. The lowest BCUT2D eigenvalue weighted by Gasteiger charge is -2.14. The van der Waals surface area contributed by atoms with Gasteiger partial charge in [0.2, 0.25) is 5.75 Å². The highest BCUT2D eigenvalue weighted by atomic mass is 16.6. The van der Waals surface area contributed by atoms with Crippen molar-refractivity contribution in [1.29, 1.82) is 0 Å². The Morgan fingerprint density at radius 2 is 1.52 bits per heavy atom. The van der Waals surface area contributed by atoms with E-state index in [4.69, 9.17) is 28.4 Å². The van der Waals surface area contributed by atoms with Crippen molar-refractivity contribution in [1.82, 2.24) is 5.43 Å². The Hall–Kier alpha value is -5.33. The van der Waals surface area contributed by atoms with Crippen molar-refractivity contribution in [2.45, 2.75) is 6.92 Å². The van der Waals surface area contributed by atoms with E-state index in [0.29, 0.717) is 16.9 Å². The van der Waals surface area contributed by atoms with Gasteiger partial charge in [0.15, 0.2) is 35.4 Å². The number of esters is 1. The molecule has 0 radical (unpaired) electrons. The molecule has 0 aliphatic carbocycles. The summed E-state index contributed by atoms with van der Waals surface area (Å²) >= 11 is 0. The van der Waals surface area contributed by atoms with E-state index in [1.54, 1.807) is 25.1 Å². The number of nitro benzene ring substituents is 1. The molecule has 40 heavy (non-hydrogen) atoms. The number of hydrogen-bond acceptors (Lipinski definition) is 11. The largest absolute Gasteiger partial charge is 0.493 e. The van der Waals surface area contributed by atoms with Gasteiger partial charge in [-0.25, -0.2) is 10.2 Å². The van der Waals surface area contributed by atoms with Crippen LogP contribution in [0.2, 0.25) is 0 Å². The molecule has 0 heterocycles. The number of nitro groups is 1. The second kappa shape index (κ2) is 13.5. The molecule has 13 heteroatoms. The number of nitrogens with one attached hydrogen (secondary N) is 1. The summed E-state index contributed by atoms with van der Waals surface area (Å²) in [6.45, 7) is 1.22. The van der Waals surface area contributed by atoms with Crippen LogP contribution in [0.1, 0.15) is 21.5 Å². The second-order valence-electron chi connectivity index (χ2n) is 8.02. The monoisotopic (exact) mass is 553 g/mol. The smallest absolute Gasteiger partial charge is 0.343 e. The summed E-state index contributed by atoms with van der Waals surface area (Å²) in [4.78, 5) is 35.5. The number of amides is 1. The molecule has 0 bridgehead atoms. The lowest BCUT2D eigenvalue weighted by Crippen LogP contribution is -2.24. The van der Waals surface area contributed by atoms with Gasteiger partial charge in [0.05, 0.1) is 45.1 Å². The van der Waals surface area contributed by atoms with E-state index in [1.165, 1.54) is 65.0 Å². The molecule has 0 aliphatic heterocycles. The van der Waals surface area contributed by atoms with Crippen molar-refractivity contribution in [2.75, 3.05) is 35.0 Å². The topological polar surface area (TPSA) is 157 Å². The van der Waals surface area contributed by atoms with Gasteiger partial charge in [0.25, 0.3) is 5.91 Å². The molecule has 0 unspecified atom stereocenters. The highest BCUT2D eigenvalue weighted by molar-refractivity contribution is 5.93. The van der Waals surface area contributed by atoms with Crippen LogP contribution in [-0.2, 0) is 4.79 Å². The van der Waals surface area contributed by atoms with E-state index in [1.807, 2.05) is 0 Å². The van der Waals surface area contributed by atoms with Crippen LogP contribution in [0.25, 0.3) is 0 Å². The van der Waals surface area contributed by atoms with Crippen LogP contribution in [0.5, 0.6) is 34.5 Å². The van der Waals surface area contributed by atoms with Gasteiger partial charge < -0.3 is 28.4 Å². The number of carbonyl (C=O) groups is 2. The maximum absolute atomic E-state index is 12.8. The van der Waals surface area contributed by atoms with Gasteiger partial charge >= 0.3 is 11.7 Å². The molecular formula is C27H27N3O10. The fraction of sp³-hybridized carbons (Fsp3) is 0.222. The van der Waals surface area contributed by atoms with E-state index < -0.39 is 23.4 Å². The maximum Gasteiger partial charge on any atom is 0.343 e. The molecule has 0 aliphatic rings. The third kappa shape index (κ3) is 7.16. The number of rotatable bonds is 12. The van der Waals surface area contributed by atoms with Crippen molar-refractivity contribution < 1.29 is 42.9 Å². The lowest BCUT2D eigenvalue weighted by molar-refractivity contribution is -0.385. The van der Waals surface area contributed by atoms with Gasteiger partial charge in [-0.15, -0.1) is 0 Å². The van der Waals surface area contributed by atoms with Crippen molar-refractivity contribution in [3.63, 3.8) is 0 Å². The molecule has 210 valence electrons. The summed E-state index contributed by atoms with van der Waals surface area (Å²) in [5.74, 6) is -0.0848. The molecule has 0 spiro atoms. The first kappa shape index (κ1) is 29.2. The minimum absolute atomic E-state index is 0.0314. The molecule has 0 aromatic heterocycles. The molecule has 1 amide bonds.